The minimum absolute atomic E-state index is 0. The number of carboxylic acids is 1. The zero-order valence-corrected chi connectivity index (χ0v) is 7.82. The molecule has 0 heterocycles. The van der Waals surface area contributed by atoms with Gasteiger partial charge in [0, 0.05) is 0 Å². The van der Waals surface area contributed by atoms with Crippen LogP contribution >= 0.6 is 0 Å². The molecule has 86 valence electrons. The molecule has 16 heavy (non-hydrogen) atoms. The van der Waals surface area contributed by atoms with Gasteiger partial charge in [0.2, 0.25) is 5.67 Å². The first-order chi connectivity index (χ1) is 6.57. The minimum Gasteiger partial charge on any atom is -0.546 e. The van der Waals surface area contributed by atoms with Gasteiger partial charge in [0.15, 0.2) is 6.17 Å². The Labute approximate surface area is 97.5 Å². The van der Waals surface area contributed by atoms with Crippen LogP contribution in [0.2, 0.25) is 0 Å². The van der Waals surface area contributed by atoms with Crippen LogP contribution in [0.15, 0.2) is 12.2 Å². The fourth-order valence-corrected chi connectivity index (χ4v) is 1.05. The van der Waals surface area contributed by atoms with Crippen LogP contribution in [0.4, 0.5) is 26.3 Å². The zero-order valence-electron chi connectivity index (χ0n) is 7.82. The fraction of sp³-hybridized carbons (Fsp3) is 0.571. The predicted octanol–water partition coefficient (Wildman–Crippen LogP) is -2.37. The van der Waals surface area contributed by atoms with Gasteiger partial charge in [-0.05, 0) is 12.2 Å². The quantitative estimate of drug-likeness (QED) is 0.292. The number of allylic oxidation sites excluding steroid dienone is 1. The van der Waals surface area contributed by atoms with Gasteiger partial charge in [-0.2, -0.15) is 17.6 Å². The molecule has 1 rings (SSSR count). The summed E-state index contributed by atoms with van der Waals surface area (Å²) in [7, 11) is 0. The van der Waals surface area contributed by atoms with E-state index in [9.17, 15) is 36.2 Å². The molecule has 2 unspecified atom stereocenters. The third-order valence-electron chi connectivity index (χ3n) is 2.01. The molecule has 0 aliphatic heterocycles. The van der Waals surface area contributed by atoms with Crippen molar-refractivity contribution in [2.45, 2.75) is 23.7 Å². The summed E-state index contributed by atoms with van der Waals surface area (Å²) in [5.41, 5.74) is -4.71. The average Bonchev–Trinajstić information content (AvgIpc) is 2.10. The summed E-state index contributed by atoms with van der Waals surface area (Å²) in [5.74, 6) is -14.2. The molecule has 0 aromatic carbocycles. The van der Waals surface area contributed by atoms with Crippen molar-refractivity contribution in [2.75, 3.05) is 0 Å². The van der Waals surface area contributed by atoms with Crippen molar-refractivity contribution in [2.24, 2.45) is 0 Å². The molecule has 9 heteroatoms. The van der Waals surface area contributed by atoms with Gasteiger partial charge in [-0.3, -0.25) is 0 Å². The predicted molar refractivity (Wildman–Crippen MR) is 32.8 cm³/mol. The van der Waals surface area contributed by atoms with Gasteiger partial charge in [-0.1, -0.05) is 0 Å². The van der Waals surface area contributed by atoms with Crippen LogP contribution in [-0.2, 0) is 4.79 Å². The summed E-state index contributed by atoms with van der Waals surface area (Å²) in [6.07, 6.45) is -4.19. The van der Waals surface area contributed by atoms with Crippen LogP contribution in [0.25, 0.3) is 0 Å². The first-order valence-electron chi connectivity index (χ1n) is 3.57. The summed E-state index contributed by atoms with van der Waals surface area (Å²) in [5, 5.41) is 10.0. The summed E-state index contributed by atoms with van der Waals surface area (Å²) >= 11 is 0. The van der Waals surface area contributed by atoms with Crippen LogP contribution in [0.1, 0.15) is 0 Å². The maximum Gasteiger partial charge on any atom is 1.00 e. The molecule has 2 nitrogen and oxygen atoms in total. The molecule has 0 amide bonds. The summed E-state index contributed by atoms with van der Waals surface area (Å²) in [6, 6.07) is 0. The largest absolute Gasteiger partial charge is 1.00 e. The monoisotopic (exact) mass is 240 g/mol. The Morgan fingerprint density at radius 2 is 1.62 bits per heavy atom. The molecule has 0 aromatic rings. The number of carbonyl (C=O) groups is 1. The van der Waals surface area contributed by atoms with E-state index >= 15 is 0 Å². The van der Waals surface area contributed by atoms with Crippen LogP contribution in [0, 0.1) is 0 Å². The molecule has 0 bridgehead atoms. The Hall–Kier alpha value is -0.613. The molecule has 2 atom stereocenters. The van der Waals surface area contributed by atoms with E-state index in [2.05, 4.69) is 0 Å². The summed E-state index contributed by atoms with van der Waals surface area (Å²) in [6.45, 7) is 0. The van der Waals surface area contributed by atoms with Crippen LogP contribution in [-0.4, -0.2) is 29.7 Å². The third kappa shape index (κ3) is 1.64. The van der Waals surface area contributed by atoms with Gasteiger partial charge in [-0.15, -0.1) is 0 Å². The standard InChI is InChI=1S/C7H4F6O2.Li/c8-3-1-2-5(9,4(14)15)7(12,13)6(3,10)11;/h1-3H,(H,14,15);/q;+1/p-1. The van der Waals surface area contributed by atoms with E-state index in [1.807, 2.05) is 0 Å². The van der Waals surface area contributed by atoms with E-state index in [0.717, 1.165) is 0 Å². The maximum atomic E-state index is 13.0. The molecule has 0 fully saturated rings. The van der Waals surface area contributed by atoms with Gasteiger partial charge < -0.3 is 9.90 Å². The molecular formula is C7H3F6LiO2. The molecule has 0 N–H and O–H groups in total. The van der Waals surface area contributed by atoms with E-state index in [4.69, 9.17) is 0 Å². The number of alkyl halides is 6. The van der Waals surface area contributed by atoms with Crippen molar-refractivity contribution in [1.82, 2.24) is 0 Å². The smallest absolute Gasteiger partial charge is 0.546 e. The van der Waals surface area contributed by atoms with Crippen molar-refractivity contribution in [3.8, 4) is 0 Å². The summed E-state index contributed by atoms with van der Waals surface area (Å²) in [4.78, 5) is 10.0. The first kappa shape index (κ1) is 15.4. The molecule has 0 aromatic heterocycles. The second-order valence-electron chi connectivity index (χ2n) is 2.96. The van der Waals surface area contributed by atoms with Gasteiger partial charge in [0.25, 0.3) is 0 Å². The maximum absolute atomic E-state index is 13.0. The van der Waals surface area contributed by atoms with E-state index in [1.165, 1.54) is 0 Å². The number of halogens is 6. The SMILES string of the molecule is O=C([O-])C1(F)C=CC(F)C(F)(F)C1(F)F.[Li+]. The fourth-order valence-electron chi connectivity index (χ4n) is 1.05. The van der Waals surface area contributed by atoms with Crippen molar-refractivity contribution < 1.29 is 55.1 Å². The normalized spacial score (nSPS) is 35.2. The van der Waals surface area contributed by atoms with Crippen molar-refractivity contribution in [1.29, 1.82) is 0 Å². The van der Waals surface area contributed by atoms with Crippen molar-refractivity contribution in [3.63, 3.8) is 0 Å². The molecule has 0 saturated carbocycles. The second kappa shape index (κ2) is 4.00. The van der Waals surface area contributed by atoms with Crippen molar-refractivity contribution >= 4 is 5.97 Å². The molecule has 1 aliphatic rings. The number of hydrogen-bond donors (Lipinski definition) is 0. The second-order valence-corrected chi connectivity index (χ2v) is 2.96. The minimum atomic E-state index is -5.70. The van der Waals surface area contributed by atoms with Gasteiger partial charge >= 0.3 is 30.7 Å². The number of carboxylic acid groups (broad SMARTS) is 1. The average molecular weight is 240 g/mol. The van der Waals surface area contributed by atoms with Crippen LogP contribution in [0.3, 0.4) is 0 Å². The molecule has 0 radical (unpaired) electrons. The first-order valence-corrected chi connectivity index (χ1v) is 3.57. The molecule has 1 aliphatic carbocycles. The number of carbonyl (C=O) groups excluding carboxylic acids is 1. The van der Waals surface area contributed by atoms with Crippen molar-refractivity contribution in [3.05, 3.63) is 12.2 Å². The number of aliphatic carboxylic acids is 1. The Bertz CT molecular complexity index is 331. The molecule has 0 saturated heterocycles. The van der Waals surface area contributed by atoms with Gasteiger partial charge in [0.1, 0.15) is 0 Å². The number of hydrogen-bond acceptors (Lipinski definition) is 2. The Kier molecular flexibility index (Phi) is 3.85. The van der Waals surface area contributed by atoms with E-state index in [1.54, 1.807) is 0 Å². The zero-order chi connectivity index (χ0) is 12.1. The third-order valence-corrected chi connectivity index (χ3v) is 2.01. The van der Waals surface area contributed by atoms with E-state index in [0.29, 0.717) is 0 Å². The Morgan fingerprint density at radius 3 is 2.00 bits per heavy atom. The number of rotatable bonds is 1. The Balaban J connectivity index is 0.00000225. The van der Waals surface area contributed by atoms with Gasteiger partial charge in [0.05, 0.1) is 5.97 Å². The summed E-state index contributed by atoms with van der Waals surface area (Å²) < 4.78 is 75.8. The van der Waals surface area contributed by atoms with Crippen LogP contribution < -0.4 is 24.0 Å². The topological polar surface area (TPSA) is 40.1 Å². The van der Waals surface area contributed by atoms with E-state index < -0.39 is 35.7 Å². The van der Waals surface area contributed by atoms with Gasteiger partial charge in [-0.25, -0.2) is 8.78 Å². The van der Waals surface area contributed by atoms with E-state index in [-0.39, 0.29) is 24.9 Å². The Morgan fingerprint density at radius 1 is 1.19 bits per heavy atom. The van der Waals surface area contributed by atoms with Crippen LogP contribution in [0.5, 0.6) is 0 Å². The molecular weight excluding hydrogens is 237 g/mol. The molecule has 0 spiro atoms.